The molecule has 2 heterocycles. The van der Waals surface area contributed by atoms with Crippen LogP contribution >= 0.6 is 0 Å². The second kappa shape index (κ2) is 7.00. The van der Waals surface area contributed by atoms with Crippen molar-refractivity contribution in [2.45, 2.75) is 19.9 Å². The Labute approximate surface area is 152 Å². The lowest BCUT2D eigenvalue weighted by atomic mass is 10.00. The van der Waals surface area contributed by atoms with Gasteiger partial charge in [0.1, 0.15) is 0 Å². The average Bonchev–Trinajstić information content (AvgIpc) is 2.89. The van der Waals surface area contributed by atoms with E-state index in [1.807, 2.05) is 50.2 Å². The Morgan fingerprint density at radius 1 is 1.27 bits per heavy atom. The molecule has 1 aromatic heterocycles. The molecule has 1 aromatic carbocycles. The van der Waals surface area contributed by atoms with Crippen LogP contribution in [-0.2, 0) is 9.59 Å². The molecule has 1 aliphatic rings. The van der Waals surface area contributed by atoms with Crippen LogP contribution in [0.25, 0.3) is 11.1 Å². The zero-order valence-corrected chi connectivity index (χ0v) is 15.0. The molecule has 6 heteroatoms. The summed E-state index contributed by atoms with van der Waals surface area (Å²) in [5.74, 6) is -1.44. The van der Waals surface area contributed by atoms with E-state index in [-0.39, 0.29) is 18.2 Å². The van der Waals surface area contributed by atoms with E-state index in [0.717, 1.165) is 22.4 Å². The molecule has 3 rings (SSSR count). The number of aliphatic hydroxyl groups is 1. The highest BCUT2D eigenvalue weighted by molar-refractivity contribution is 6.06. The van der Waals surface area contributed by atoms with Gasteiger partial charge in [0, 0.05) is 18.9 Å². The predicted molar refractivity (Wildman–Crippen MR) is 98.3 cm³/mol. The summed E-state index contributed by atoms with van der Waals surface area (Å²) in [6, 6.07) is 11.6. The topological polar surface area (TPSA) is 82.5 Å². The van der Waals surface area contributed by atoms with Gasteiger partial charge in [-0.1, -0.05) is 18.2 Å². The number of hydrogen-bond acceptors (Lipinski definition) is 4. The lowest BCUT2D eigenvalue weighted by Crippen LogP contribution is -2.30. The Morgan fingerprint density at radius 3 is 2.65 bits per heavy atom. The molecule has 6 nitrogen and oxygen atoms in total. The number of aromatic nitrogens is 1. The molecule has 0 saturated heterocycles. The van der Waals surface area contributed by atoms with E-state index in [1.54, 1.807) is 13.2 Å². The molecule has 134 valence electrons. The van der Waals surface area contributed by atoms with Gasteiger partial charge in [-0.3, -0.25) is 14.6 Å². The molecule has 0 fully saturated rings. The summed E-state index contributed by atoms with van der Waals surface area (Å²) in [5.41, 5.74) is 4.06. The highest BCUT2D eigenvalue weighted by atomic mass is 16.3. The van der Waals surface area contributed by atoms with Gasteiger partial charge in [-0.25, -0.2) is 0 Å². The van der Waals surface area contributed by atoms with E-state index in [4.69, 9.17) is 0 Å². The molecule has 1 atom stereocenters. The Balaban J connectivity index is 1.79. The van der Waals surface area contributed by atoms with E-state index in [9.17, 15) is 14.7 Å². The molecular weight excluding hydrogens is 330 g/mol. The van der Waals surface area contributed by atoms with E-state index >= 15 is 0 Å². The number of carbonyl (C=O) groups is 2. The molecule has 2 amide bonds. The summed E-state index contributed by atoms with van der Waals surface area (Å²) >= 11 is 0. The Bertz CT molecular complexity index is 905. The summed E-state index contributed by atoms with van der Waals surface area (Å²) in [7, 11) is 1.54. The van der Waals surface area contributed by atoms with Gasteiger partial charge in [0.05, 0.1) is 18.2 Å². The van der Waals surface area contributed by atoms with Gasteiger partial charge < -0.3 is 15.3 Å². The lowest BCUT2D eigenvalue weighted by Gasteiger charge is -2.16. The summed E-state index contributed by atoms with van der Waals surface area (Å²) < 4.78 is 0. The number of nitrogens with one attached hydrogen (secondary N) is 1. The SMILES string of the molecule is Cc1cc(-c2cccc(C(C)NC(=O)C3=C(O)C(=O)N(C)C3)c2)ccn1. The first-order valence-electron chi connectivity index (χ1n) is 8.38. The van der Waals surface area contributed by atoms with Crippen LogP contribution in [0.15, 0.2) is 53.9 Å². The minimum Gasteiger partial charge on any atom is -0.503 e. The molecule has 0 aliphatic carbocycles. The van der Waals surface area contributed by atoms with Crippen molar-refractivity contribution < 1.29 is 14.7 Å². The molecule has 2 N–H and O–H groups in total. The minimum absolute atomic E-state index is 0.102. The summed E-state index contributed by atoms with van der Waals surface area (Å²) in [5, 5.41) is 12.7. The largest absolute Gasteiger partial charge is 0.503 e. The maximum Gasteiger partial charge on any atom is 0.289 e. The molecular formula is C20H21N3O3. The first kappa shape index (κ1) is 17.7. The third kappa shape index (κ3) is 3.44. The number of aryl methyl sites for hydroxylation is 1. The van der Waals surface area contributed by atoms with Crippen LogP contribution in [0, 0.1) is 6.92 Å². The fourth-order valence-electron chi connectivity index (χ4n) is 2.95. The molecule has 1 aliphatic heterocycles. The van der Waals surface area contributed by atoms with Crippen molar-refractivity contribution in [2.24, 2.45) is 0 Å². The van der Waals surface area contributed by atoms with Crippen LogP contribution in [-0.4, -0.2) is 40.4 Å². The van der Waals surface area contributed by atoms with E-state index in [1.165, 1.54) is 4.90 Å². The number of rotatable bonds is 4. The molecule has 0 bridgehead atoms. The van der Waals surface area contributed by atoms with Crippen molar-refractivity contribution >= 4 is 11.8 Å². The highest BCUT2D eigenvalue weighted by Crippen LogP contribution is 2.24. The summed E-state index contributed by atoms with van der Waals surface area (Å²) in [4.78, 5) is 29.6. The number of hydrogen-bond donors (Lipinski definition) is 2. The number of carbonyl (C=O) groups excluding carboxylic acids is 2. The van der Waals surface area contributed by atoms with E-state index in [0.29, 0.717) is 0 Å². The normalized spacial score (nSPS) is 15.3. The highest BCUT2D eigenvalue weighted by Gasteiger charge is 2.32. The Hall–Kier alpha value is -3.15. The van der Waals surface area contributed by atoms with Crippen LogP contribution in [0.1, 0.15) is 24.2 Å². The third-order valence-electron chi connectivity index (χ3n) is 4.47. The van der Waals surface area contributed by atoms with E-state index in [2.05, 4.69) is 10.3 Å². The van der Waals surface area contributed by atoms with Gasteiger partial charge in [0.15, 0.2) is 5.76 Å². The fraction of sp³-hybridized carbons (Fsp3) is 0.250. The van der Waals surface area contributed by atoms with Crippen molar-refractivity contribution in [3.05, 3.63) is 65.2 Å². The Morgan fingerprint density at radius 2 is 2.00 bits per heavy atom. The summed E-state index contributed by atoms with van der Waals surface area (Å²) in [6.45, 7) is 3.92. The van der Waals surface area contributed by atoms with Gasteiger partial charge in [-0.15, -0.1) is 0 Å². The molecule has 26 heavy (non-hydrogen) atoms. The molecule has 2 aromatic rings. The lowest BCUT2D eigenvalue weighted by molar-refractivity contribution is -0.126. The zero-order chi connectivity index (χ0) is 18.8. The fourth-order valence-corrected chi connectivity index (χ4v) is 2.95. The molecule has 0 spiro atoms. The van der Waals surface area contributed by atoms with Crippen LogP contribution in [0.3, 0.4) is 0 Å². The van der Waals surface area contributed by atoms with Crippen LogP contribution in [0.5, 0.6) is 0 Å². The molecule has 0 saturated carbocycles. The summed E-state index contributed by atoms with van der Waals surface area (Å²) in [6.07, 6.45) is 1.77. The average molecular weight is 351 g/mol. The number of likely N-dealkylation sites (N-methyl/N-ethyl adjacent to an activating group) is 1. The monoisotopic (exact) mass is 351 g/mol. The predicted octanol–water partition coefficient (Wildman–Crippen LogP) is 2.52. The van der Waals surface area contributed by atoms with Crippen LogP contribution in [0.4, 0.5) is 0 Å². The number of benzene rings is 1. The van der Waals surface area contributed by atoms with Gasteiger partial charge in [0.25, 0.3) is 11.8 Å². The second-order valence-corrected chi connectivity index (χ2v) is 6.49. The molecule has 1 unspecified atom stereocenters. The van der Waals surface area contributed by atoms with Gasteiger partial charge in [-0.05, 0) is 48.7 Å². The van der Waals surface area contributed by atoms with Crippen molar-refractivity contribution in [3.8, 4) is 11.1 Å². The van der Waals surface area contributed by atoms with Gasteiger partial charge in [0.2, 0.25) is 0 Å². The quantitative estimate of drug-likeness (QED) is 0.887. The van der Waals surface area contributed by atoms with Gasteiger partial charge >= 0.3 is 0 Å². The third-order valence-corrected chi connectivity index (χ3v) is 4.47. The number of amides is 2. The van der Waals surface area contributed by atoms with Crippen molar-refractivity contribution in [3.63, 3.8) is 0 Å². The van der Waals surface area contributed by atoms with Crippen molar-refractivity contribution in [1.82, 2.24) is 15.2 Å². The number of aliphatic hydroxyl groups excluding tert-OH is 1. The number of pyridine rings is 1. The van der Waals surface area contributed by atoms with E-state index < -0.39 is 17.6 Å². The maximum absolute atomic E-state index is 12.4. The first-order valence-corrected chi connectivity index (χ1v) is 8.38. The minimum atomic E-state index is -0.530. The standard InChI is InChI=1S/C20H21N3O3/c1-12-9-16(7-8-21-12)15-6-4-5-14(10-15)13(2)22-19(25)17-11-23(3)20(26)18(17)24/h4-10,13,24H,11H2,1-3H3,(H,22,25). The zero-order valence-electron chi connectivity index (χ0n) is 15.0. The second-order valence-electron chi connectivity index (χ2n) is 6.49. The van der Waals surface area contributed by atoms with Crippen LogP contribution in [0.2, 0.25) is 0 Å². The van der Waals surface area contributed by atoms with Gasteiger partial charge in [-0.2, -0.15) is 0 Å². The van der Waals surface area contributed by atoms with Crippen molar-refractivity contribution in [1.29, 1.82) is 0 Å². The Kier molecular flexibility index (Phi) is 4.75. The van der Waals surface area contributed by atoms with Crippen LogP contribution < -0.4 is 5.32 Å². The first-order chi connectivity index (χ1) is 12.4. The number of nitrogens with zero attached hydrogens (tertiary/aromatic N) is 2. The maximum atomic E-state index is 12.4. The smallest absolute Gasteiger partial charge is 0.289 e. The molecule has 0 radical (unpaired) electrons. The van der Waals surface area contributed by atoms with Crippen molar-refractivity contribution in [2.75, 3.05) is 13.6 Å².